The molecule has 1 N–H and O–H groups in total. The minimum Gasteiger partial charge on any atom is -0.497 e. The van der Waals surface area contributed by atoms with Gasteiger partial charge in [-0.2, -0.15) is 0 Å². The van der Waals surface area contributed by atoms with E-state index in [1.807, 2.05) is 60.7 Å². The van der Waals surface area contributed by atoms with E-state index in [9.17, 15) is 0 Å². The highest BCUT2D eigenvalue weighted by atomic mass is 79.9. The van der Waals surface area contributed by atoms with Crippen LogP contribution < -0.4 is 33.7 Å². The molecule has 0 atom stereocenters. The van der Waals surface area contributed by atoms with Crippen molar-refractivity contribution in [2.24, 2.45) is 0 Å². The number of aryl methyl sites for hydroxylation is 1. The standard InChI is InChI=1S/C23H18BrNO2.ClHO4/c1-15-3-12-22-20(13-15)21(25-18-8-6-17(24)7-9-18)14-23(27-22)16-4-10-19(26-2)11-5-16;2-1(3,4)5/h3-14H,1-2H3;(H,2,3,4,5). The molecule has 0 amide bonds. The molecule has 0 unspecified atom stereocenters. The molecule has 0 spiro atoms. The van der Waals surface area contributed by atoms with E-state index in [4.69, 9.17) is 27.8 Å². The summed E-state index contributed by atoms with van der Waals surface area (Å²) >= 11 is 3.48. The lowest BCUT2D eigenvalue weighted by molar-refractivity contribution is -2.00. The van der Waals surface area contributed by atoms with Crippen LogP contribution in [0.15, 0.2) is 81.7 Å². The van der Waals surface area contributed by atoms with Gasteiger partial charge >= 0.3 is 0 Å². The number of ether oxygens (including phenoxy) is 1. The molecule has 0 saturated carbocycles. The molecule has 0 aliphatic heterocycles. The average molecular weight is 521 g/mol. The second-order valence-electron chi connectivity index (χ2n) is 6.76. The first kappa shape index (κ1) is 23.9. The summed E-state index contributed by atoms with van der Waals surface area (Å²) in [5.74, 6) is 1.62. The fraction of sp³-hybridized carbons (Fsp3) is 0.0870. The number of rotatable bonds is 3. The van der Waals surface area contributed by atoms with Crippen molar-refractivity contribution in [3.63, 3.8) is 0 Å². The van der Waals surface area contributed by atoms with Crippen molar-refractivity contribution in [3.05, 3.63) is 88.2 Å². The van der Waals surface area contributed by atoms with Gasteiger partial charge < -0.3 is 9.15 Å². The number of hydrogen-bond donors (Lipinski definition) is 1. The van der Waals surface area contributed by atoms with Gasteiger partial charge in [0.1, 0.15) is 17.1 Å². The summed E-state index contributed by atoms with van der Waals surface area (Å²) < 4.78 is 46.5. The monoisotopic (exact) mass is 519 g/mol. The third-order valence-electron chi connectivity index (χ3n) is 4.42. The van der Waals surface area contributed by atoms with Crippen LogP contribution in [0, 0.1) is 17.2 Å². The Bertz CT molecular complexity index is 1260. The quantitative estimate of drug-likeness (QED) is 0.396. The minimum atomic E-state index is -4.94. The van der Waals surface area contributed by atoms with Gasteiger partial charge in [-0.15, -0.1) is 10.2 Å². The Morgan fingerprint density at radius 3 is 2.09 bits per heavy atom. The molecule has 0 fully saturated rings. The third-order valence-corrected chi connectivity index (χ3v) is 4.95. The summed E-state index contributed by atoms with van der Waals surface area (Å²) in [6, 6.07) is 24.3. The van der Waals surface area contributed by atoms with Crippen molar-refractivity contribution in [3.8, 4) is 17.1 Å². The average Bonchev–Trinajstić information content (AvgIpc) is 2.74. The first-order chi connectivity index (χ1) is 15.1. The molecule has 1 aromatic heterocycles. The van der Waals surface area contributed by atoms with Gasteiger partial charge in [0.15, 0.2) is 0 Å². The van der Waals surface area contributed by atoms with E-state index < -0.39 is 10.2 Å². The first-order valence-electron chi connectivity index (χ1n) is 9.28. The highest BCUT2D eigenvalue weighted by molar-refractivity contribution is 9.10. The lowest BCUT2D eigenvalue weighted by atomic mass is 10.1. The number of nitrogens with one attached hydrogen (secondary N) is 1. The highest BCUT2D eigenvalue weighted by Gasteiger charge is 2.10. The van der Waals surface area contributed by atoms with Gasteiger partial charge in [0.2, 0.25) is 11.0 Å². The van der Waals surface area contributed by atoms with E-state index in [1.165, 1.54) is 5.56 Å². The van der Waals surface area contributed by atoms with Crippen molar-refractivity contribution >= 4 is 32.6 Å². The molecule has 32 heavy (non-hydrogen) atoms. The summed E-state index contributed by atoms with van der Waals surface area (Å²) in [4.78, 5) is 3.53. The Hall–Kier alpha value is -2.72. The molecule has 0 aliphatic carbocycles. The molecule has 3 aromatic carbocycles. The summed E-state index contributed by atoms with van der Waals surface area (Å²) in [6.45, 7) is 2.08. The second-order valence-corrected chi connectivity index (χ2v) is 8.43. The molecule has 1 heterocycles. The molecule has 9 heteroatoms. The zero-order chi connectivity index (χ0) is 23.3. The number of benzene rings is 3. The highest BCUT2D eigenvalue weighted by Crippen LogP contribution is 2.24. The minimum absolute atomic E-state index is 0.800. The molecule has 0 aliphatic rings. The molecule has 0 radical (unpaired) electrons. The van der Waals surface area contributed by atoms with Gasteiger partial charge in [-0.05, 0) is 55.5 Å². The van der Waals surface area contributed by atoms with Crippen LogP contribution in [0.2, 0.25) is 0 Å². The Kier molecular flexibility index (Phi) is 7.68. The van der Waals surface area contributed by atoms with Gasteiger partial charge in [0.05, 0.1) is 18.6 Å². The number of fused-ring (bicyclic) bond motifs is 1. The zero-order valence-corrected chi connectivity index (χ0v) is 19.5. The largest absolute Gasteiger partial charge is 0.497 e. The van der Waals surface area contributed by atoms with Gasteiger partial charge in [-0.3, -0.25) is 0 Å². The van der Waals surface area contributed by atoms with E-state index in [0.29, 0.717) is 0 Å². The van der Waals surface area contributed by atoms with Crippen LogP contribution >= 0.6 is 15.9 Å². The normalized spacial score (nSPS) is 11.8. The van der Waals surface area contributed by atoms with Gasteiger partial charge in [-0.25, -0.2) is 23.6 Å². The van der Waals surface area contributed by atoms with E-state index in [0.717, 1.165) is 43.6 Å². The molecule has 7 nitrogen and oxygen atoms in total. The SMILES string of the molecule is COc1ccc(-c2cc(=[NH+]c3ccc(Br)cc3)c3cc(C)ccc3o2)cc1.[O-][Cl+3]([O-])([O-])[O-]. The van der Waals surface area contributed by atoms with Crippen LogP contribution in [0.25, 0.3) is 22.3 Å². The van der Waals surface area contributed by atoms with Crippen molar-refractivity contribution in [1.82, 2.24) is 0 Å². The smallest absolute Gasteiger partial charge is 0.218 e. The Morgan fingerprint density at radius 2 is 1.50 bits per heavy atom. The molecule has 0 bridgehead atoms. The fourth-order valence-corrected chi connectivity index (χ4v) is 3.25. The van der Waals surface area contributed by atoms with E-state index in [2.05, 4.69) is 40.0 Å². The van der Waals surface area contributed by atoms with Crippen molar-refractivity contribution in [2.75, 3.05) is 7.11 Å². The van der Waals surface area contributed by atoms with Crippen LogP contribution in [0.5, 0.6) is 5.75 Å². The van der Waals surface area contributed by atoms with Crippen molar-refractivity contribution < 1.29 is 43.0 Å². The number of halogens is 2. The maximum absolute atomic E-state index is 8.49. The van der Waals surface area contributed by atoms with Gasteiger partial charge in [0, 0.05) is 22.2 Å². The Labute approximate surface area is 194 Å². The van der Waals surface area contributed by atoms with Crippen molar-refractivity contribution in [2.45, 2.75) is 6.92 Å². The second kappa shape index (κ2) is 10.3. The maximum Gasteiger partial charge on any atom is 0.218 e. The fourth-order valence-electron chi connectivity index (χ4n) is 2.99. The van der Waals surface area contributed by atoms with Gasteiger partial charge in [-0.1, -0.05) is 27.6 Å². The lowest BCUT2D eigenvalue weighted by Gasteiger charge is -2.17. The number of hydrogen-bond acceptors (Lipinski definition) is 6. The summed E-state index contributed by atoms with van der Waals surface area (Å²) in [5, 5.41) is 2.06. The molecule has 4 rings (SSSR count). The Balaban J connectivity index is 0.000000523. The summed E-state index contributed by atoms with van der Waals surface area (Å²) in [5.41, 5.74) is 4.05. The third kappa shape index (κ3) is 6.89. The summed E-state index contributed by atoms with van der Waals surface area (Å²) in [6.07, 6.45) is 0. The van der Waals surface area contributed by atoms with E-state index in [-0.39, 0.29) is 0 Å². The predicted octanol–water partition coefficient (Wildman–Crippen LogP) is -0.264. The maximum atomic E-state index is 8.49. The molecular formula is C23H19BrClNO6. The molecule has 166 valence electrons. The van der Waals surface area contributed by atoms with Crippen molar-refractivity contribution in [1.29, 1.82) is 0 Å². The van der Waals surface area contributed by atoms with Gasteiger partial charge in [0.25, 0.3) is 0 Å². The number of methoxy groups -OCH3 is 1. The van der Waals surface area contributed by atoms with Crippen LogP contribution in [0.1, 0.15) is 5.56 Å². The van der Waals surface area contributed by atoms with Crippen LogP contribution in [0.3, 0.4) is 0 Å². The van der Waals surface area contributed by atoms with E-state index in [1.54, 1.807) is 7.11 Å². The molecular weight excluding hydrogens is 502 g/mol. The topological polar surface area (TPSA) is 129 Å². The molecule has 0 saturated heterocycles. The molecule has 4 aromatic rings. The van der Waals surface area contributed by atoms with E-state index >= 15 is 0 Å². The first-order valence-corrected chi connectivity index (χ1v) is 11.3. The van der Waals surface area contributed by atoms with Crippen LogP contribution in [-0.4, -0.2) is 7.11 Å². The predicted molar refractivity (Wildman–Crippen MR) is 111 cm³/mol. The Morgan fingerprint density at radius 1 is 0.875 bits per heavy atom. The lowest BCUT2D eigenvalue weighted by Crippen LogP contribution is -2.70. The zero-order valence-electron chi connectivity index (χ0n) is 17.1. The van der Waals surface area contributed by atoms with Crippen LogP contribution in [-0.2, 0) is 0 Å². The van der Waals surface area contributed by atoms with Crippen LogP contribution in [0.4, 0.5) is 5.69 Å². The summed E-state index contributed by atoms with van der Waals surface area (Å²) in [7, 11) is -3.28.